The molecule has 0 aromatic heterocycles. The number of aliphatic carboxylic acids is 2. The highest BCUT2D eigenvalue weighted by molar-refractivity contribution is 5.75. The Morgan fingerprint density at radius 2 is 1.45 bits per heavy atom. The number of aromatic hydroxyl groups is 2. The van der Waals surface area contributed by atoms with Gasteiger partial charge in [-0.15, -0.1) is 0 Å². The first-order chi connectivity index (χ1) is 13.8. The first-order valence-electron chi connectivity index (χ1n) is 8.90. The number of aliphatic hydroxyl groups excluding tert-OH is 1. The zero-order chi connectivity index (χ0) is 21.4. The van der Waals surface area contributed by atoms with E-state index in [0.29, 0.717) is 5.56 Å². The van der Waals surface area contributed by atoms with Gasteiger partial charge in [-0.2, -0.15) is 0 Å². The second-order valence-corrected chi connectivity index (χ2v) is 6.53. The molecule has 0 aliphatic heterocycles. The minimum atomic E-state index is -1.14. The Bertz CT molecular complexity index is 843. The fraction of sp³-hybridized carbons (Fsp3) is 0.300. The zero-order valence-corrected chi connectivity index (χ0v) is 15.7. The Morgan fingerprint density at radius 3 is 2.00 bits per heavy atom. The second-order valence-electron chi connectivity index (χ2n) is 6.53. The smallest absolute Gasteiger partial charge is 0.323 e. The second kappa shape index (κ2) is 10.3. The summed E-state index contributed by atoms with van der Waals surface area (Å²) in [6.45, 7) is -1.36. The molecule has 2 aromatic carbocycles. The summed E-state index contributed by atoms with van der Waals surface area (Å²) in [7, 11) is 0. The molecule has 0 radical (unpaired) electrons. The third-order valence-corrected chi connectivity index (χ3v) is 4.41. The van der Waals surface area contributed by atoms with Gasteiger partial charge in [0.2, 0.25) is 0 Å². The van der Waals surface area contributed by atoms with Gasteiger partial charge in [0, 0.05) is 18.7 Å². The molecule has 29 heavy (non-hydrogen) atoms. The molecule has 0 aliphatic carbocycles. The summed E-state index contributed by atoms with van der Waals surface area (Å²) < 4.78 is 0. The minimum absolute atomic E-state index is 0.0114. The summed E-state index contributed by atoms with van der Waals surface area (Å²) in [6.07, 6.45) is 0. The third kappa shape index (κ3) is 6.37. The number of hydrogen-bond donors (Lipinski definition) is 5. The van der Waals surface area contributed by atoms with Crippen molar-refractivity contribution in [1.82, 2.24) is 4.90 Å². The molecule has 1 atom stereocenters. The predicted octanol–water partition coefficient (Wildman–Crippen LogP) is 0.937. The quantitative estimate of drug-likeness (QED) is 0.370. The van der Waals surface area contributed by atoms with Crippen molar-refractivity contribution in [3.8, 4) is 11.5 Å². The van der Waals surface area contributed by atoms with Crippen LogP contribution in [0.4, 0.5) is 5.69 Å². The highest BCUT2D eigenvalue weighted by atomic mass is 16.4. The molecule has 0 fully saturated rings. The summed E-state index contributed by atoms with van der Waals surface area (Å²) in [4.78, 5) is 25.5. The fourth-order valence-electron chi connectivity index (χ4n) is 3.04. The van der Waals surface area contributed by atoms with Crippen molar-refractivity contribution in [2.75, 3.05) is 31.1 Å². The molecule has 0 spiro atoms. The molecule has 0 aliphatic rings. The summed E-state index contributed by atoms with van der Waals surface area (Å²) >= 11 is 0. The van der Waals surface area contributed by atoms with Crippen LogP contribution in [0.3, 0.4) is 0 Å². The van der Waals surface area contributed by atoms with E-state index in [1.54, 1.807) is 30.3 Å². The van der Waals surface area contributed by atoms with Crippen LogP contribution in [0, 0.1) is 0 Å². The van der Waals surface area contributed by atoms with E-state index in [2.05, 4.69) is 0 Å². The van der Waals surface area contributed by atoms with Crippen molar-refractivity contribution in [1.29, 1.82) is 0 Å². The van der Waals surface area contributed by atoms with Crippen molar-refractivity contribution in [3.05, 3.63) is 54.1 Å². The zero-order valence-electron chi connectivity index (χ0n) is 15.7. The topological polar surface area (TPSA) is 142 Å². The van der Waals surface area contributed by atoms with Crippen molar-refractivity contribution >= 4 is 17.6 Å². The van der Waals surface area contributed by atoms with E-state index in [-0.39, 0.29) is 30.3 Å². The first kappa shape index (κ1) is 22.0. The number of benzene rings is 2. The Labute approximate surface area is 167 Å². The predicted molar refractivity (Wildman–Crippen MR) is 105 cm³/mol. The van der Waals surface area contributed by atoms with Gasteiger partial charge < -0.3 is 30.4 Å². The monoisotopic (exact) mass is 404 g/mol. The van der Waals surface area contributed by atoms with Crippen LogP contribution >= 0.6 is 0 Å². The molecule has 1 unspecified atom stereocenters. The molecule has 2 rings (SSSR count). The summed E-state index contributed by atoms with van der Waals surface area (Å²) in [5.41, 5.74) is 0.728. The summed E-state index contributed by atoms with van der Waals surface area (Å²) in [6, 6.07) is 11.8. The Kier molecular flexibility index (Phi) is 7.81. The number of anilines is 1. The molecule has 0 amide bonds. The largest absolute Gasteiger partial charge is 0.508 e. The van der Waals surface area contributed by atoms with Gasteiger partial charge in [0.15, 0.2) is 0 Å². The Balaban J connectivity index is 2.31. The van der Waals surface area contributed by atoms with Crippen molar-refractivity contribution in [3.63, 3.8) is 0 Å². The number of carboxylic acids is 2. The molecule has 156 valence electrons. The number of phenols is 2. The normalized spacial score (nSPS) is 11.9. The van der Waals surface area contributed by atoms with Crippen LogP contribution in [-0.2, 0) is 16.1 Å². The van der Waals surface area contributed by atoms with Crippen LogP contribution in [0.25, 0.3) is 0 Å². The number of para-hydroxylation sites is 3. The third-order valence-electron chi connectivity index (χ3n) is 4.41. The van der Waals surface area contributed by atoms with Gasteiger partial charge in [-0.1, -0.05) is 30.3 Å². The van der Waals surface area contributed by atoms with Crippen molar-refractivity contribution in [2.24, 2.45) is 0 Å². The lowest BCUT2D eigenvalue weighted by atomic mass is 10.1. The Morgan fingerprint density at radius 1 is 0.862 bits per heavy atom. The molecule has 0 saturated heterocycles. The molecular weight excluding hydrogens is 380 g/mol. The molecule has 2 aromatic rings. The van der Waals surface area contributed by atoms with Crippen LogP contribution in [0.5, 0.6) is 11.5 Å². The van der Waals surface area contributed by atoms with Gasteiger partial charge >= 0.3 is 11.9 Å². The number of aliphatic hydroxyl groups is 1. The maximum atomic E-state index is 11.4. The highest BCUT2D eigenvalue weighted by Gasteiger charge is 2.26. The maximum Gasteiger partial charge on any atom is 0.323 e. The van der Waals surface area contributed by atoms with Crippen LogP contribution in [-0.4, -0.2) is 74.7 Å². The van der Waals surface area contributed by atoms with E-state index in [0.717, 1.165) is 0 Å². The Hall–Kier alpha value is -3.30. The molecule has 9 heteroatoms. The molecule has 0 saturated carbocycles. The van der Waals surface area contributed by atoms with Gasteiger partial charge in [0.25, 0.3) is 0 Å². The number of rotatable bonds is 11. The average molecular weight is 404 g/mol. The van der Waals surface area contributed by atoms with Crippen molar-refractivity contribution < 1.29 is 35.1 Å². The van der Waals surface area contributed by atoms with Gasteiger partial charge in [0.1, 0.15) is 18.0 Å². The summed E-state index contributed by atoms with van der Waals surface area (Å²) in [5.74, 6) is -2.42. The maximum absolute atomic E-state index is 11.4. The lowest BCUT2D eigenvalue weighted by molar-refractivity contribution is -0.139. The standard InChI is InChI=1S/C20H24N2O7/c23-13-15(10-22(12-20(28)29)16-6-2-4-8-18(16)25)21(11-19(26)27)9-14-5-1-3-7-17(14)24/h1-8,15,23-25H,9-13H2,(H,26,27)(H,28,29). The lowest BCUT2D eigenvalue weighted by Crippen LogP contribution is -2.49. The van der Waals surface area contributed by atoms with Crippen LogP contribution in [0.1, 0.15) is 5.56 Å². The van der Waals surface area contributed by atoms with Gasteiger partial charge in [-0.05, 0) is 18.2 Å². The average Bonchev–Trinajstić information content (AvgIpc) is 2.66. The fourth-order valence-corrected chi connectivity index (χ4v) is 3.04. The molecular formula is C20H24N2O7. The highest BCUT2D eigenvalue weighted by Crippen LogP contribution is 2.27. The van der Waals surface area contributed by atoms with Crippen LogP contribution in [0.15, 0.2) is 48.5 Å². The minimum Gasteiger partial charge on any atom is -0.508 e. The number of carbonyl (C=O) groups is 2. The summed E-state index contributed by atoms with van der Waals surface area (Å²) in [5, 5.41) is 48.6. The van der Waals surface area contributed by atoms with E-state index < -0.39 is 37.7 Å². The molecule has 9 nitrogen and oxygen atoms in total. The number of nitrogens with zero attached hydrogens (tertiary/aromatic N) is 2. The lowest BCUT2D eigenvalue weighted by Gasteiger charge is -2.34. The van der Waals surface area contributed by atoms with E-state index in [9.17, 15) is 35.1 Å². The number of carboxylic acid groups (broad SMARTS) is 2. The number of phenolic OH excluding ortho intramolecular Hbond substituents is 2. The van der Waals surface area contributed by atoms with Crippen molar-refractivity contribution in [2.45, 2.75) is 12.6 Å². The van der Waals surface area contributed by atoms with E-state index >= 15 is 0 Å². The van der Waals surface area contributed by atoms with E-state index in [1.165, 1.54) is 28.0 Å². The molecule has 0 heterocycles. The first-order valence-corrected chi connectivity index (χ1v) is 8.90. The van der Waals surface area contributed by atoms with Gasteiger partial charge in [0.05, 0.1) is 24.9 Å². The molecule has 5 N–H and O–H groups in total. The SMILES string of the molecule is O=C(O)CN(CC(CO)N(CC(=O)O)Cc1ccccc1O)c1ccccc1O. The van der Waals surface area contributed by atoms with E-state index in [1.807, 2.05) is 0 Å². The number of hydrogen-bond acceptors (Lipinski definition) is 7. The van der Waals surface area contributed by atoms with Gasteiger partial charge in [-0.25, -0.2) is 0 Å². The van der Waals surface area contributed by atoms with Crippen LogP contribution < -0.4 is 4.90 Å². The van der Waals surface area contributed by atoms with Crippen LogP contribution in [0.2, 0.25) is 0 Å². The van der Waals surface area contributed by atoms with Gasteiger partial charge in [-0.3, -0.25) is 14.5 Å². The molecule has 0 bridgehead atoms. The van der Waals surface area contributed by atoms with E-state index in [4.69, 9.17) is 0 Å².